The van der Waals surface area contributed by atoms with Gasteiger partial charge in [0.05, 0.1) is 7.11 Å². The lowest BCUT2D eigenvalue weighted by atomic mass is 10.3. The summed E-state index contributed by atoms with van der Waals surface area (Å²) < 4.78 is 8.63. The molecule has 0 atom stereocenters. The van der Waals surface area contributed by atoms with Gasteiger partial charge >= 0.3 is 5.97 Å². The summed E-state index contributed by atoms with van der Waals surface area (Å²) in [5.41, 5.74) is 0.581. The van der Waals surface area contributed by atoms with Crippen LogP contribution in [-0.2, 0) is 16.0 Å². The number of nitrogens with zero attached hydrogens (tertiary/aromatic N) is 2. The van der Waals surface area contributed by atoms with Crippen LogP contribution in [0.5, 0.6) is 0 Å². The van der Waals surface area contributed by atoms with Crippen molar-refractivity contribution in [2.45, 2.75) is 13.3 Å². The topological polar surface area (TPSA) is 79.3 Å². The van der Waals surface area contributed by atoms with Gasteiger partial charge in [0.2, 0.25) is 5.69 Å². The molecule has 0 saturated carbocycles. The van der Waals surface area contributed by atoms with E-state index >= 15 is 0 Å². The number of rotatable bonds is 2. The van der Waals surface area contributed by atoms with Crippen LogP contribution in [0.4, 0.5) is 0 Å². The fourth-order valence-electron chi connectivity index (χ4n) is 0.688. The summed E-state index contributed by atoms with van der Waals surface area (Å²) in [5, 5.41) is 14.0. The summed E-state index contributed by atoms with van der Waals surface area (Å²) in [6.45, 7) is 1.52. The SMILES string of the molecule is COC(=O)Cc1no[n+]([O-])c1C. The van der Waals surface area contributed by atoms with Gasteiger partial charge in [-0.1, -0.05) is 0 Å². The molecule has 0 fully saturated rings. The molecule has 0 bridgehead atoms. The monoisotopic (exact) mass is 172 g/mol. The molecule has 66 valence electrons. The number of carbonyl (C=O) groups is 1. The molecule has 0 unspecified atom stereocenters. The van der Waals surface area contributed by atoms with Gasteiger partial charge in [0.1, 0.15) is 6.42 Å². The van der Waals surface area contributed by atoms with E-state index in [0.717, 1.165) is 0 Å². The molecule has 1 heterocycles. The predicted molar refractivity (Wildman–Crippen MR) is 35.9 cm³/mol. The number of aromatic nitrogens is 2. The number of hydrogen-bond acceptors (Lipinski definition) is 5. The molecular formula is C6H8N2O4. The lowest BCUT2D eigenvalue weighted by Crippen LogP contribution is -2.26. The Hall–Kier alpha value is -1.59. The lowest BCUT2D eigenvalue weighted by Gasteiger charge is -1.91. The van der Waals surface area contributed by atoms with Crippen LogP contribution in [0.1, 0.15) is 11.4 Å². The standard InChI is InChI=1S/C6H8N2O4/c1-4-5(3-6(9)11-2)7-12-8(4)10/h3H2,1-2H3. The molecule has 0 N–H and O–H groups in total. The highest BCUT2D eigenvalue weighted by Crippen LogP contribution is 1.99. The molecule has 0 saturated heterocycles. The van der Waals surface area contributed by atoms with E-state index in [1.165, 1.54) is 14.0 Å². The van der Waals surface area contributed by atoms with Crippen molar-refractivity contribution in [1.82, 2.24) is 5.16 Å². The summed E-state index contributed by atoms with van der Waals surface area (Å²) in [6.07, 6.45) is -0.0406. The van der Waals surface area contributed by atoms with E-state index < -0.39 is 5.97 Å². The summed E-state index contributed by atoms with van der Waals surface area (Å²) in [7, 11) is 1.27. The Morgan fingerprint density at radius 3 is 2.92 bits per heavy atom. The molecule has 0 aromatic carbocycles. The van der Waals surface area contributed by atoms with Gasteiger partial charge in [0.15, 0.2) is 5.69 Å². The van der Waals surface area contributed by atoms with Crippen molar-refractivity contribution in [1.29, 1.82) is 0 Å². The molecule has 0 aliphatic heterocycles. The van der Waals surface area contributed by atoms with Crippen LogP contribution in [0.2, 0.25) is 0 Å². The van der Waals surface area contributed by atoms with Gasteiger partial charge in [0.25, 0.3) is 0 Å². The molecule has 6 heteroatoms. The molecule has 12 heavy (non-hydrogen) atoms. The van der Waals surface area contributed by atoms with Crippen LogP contribution in [0.3, 0.4) is 0 Å². The minimum Gasteiger partial charge on any atom is -0.469 e. The second-order valence-electron chi connectivity index (χ2n) is 2.22. The van der Waals surface area contributed by atoms with E-state index in [1.54, 1.807) is 0 Å². The zero-order valence-electron chi connectivity index (χ0n) is 6.73. The maximum Gasteiger partial charge on any atom is 0.314 e. The number of ether oxygens (including phenoxy) is 1. The molecule has 1 aromatic rings. The van der Waals surface area contributed by atoms with Gasteiger partial charge in [-0.25, -0.2) is 0 Å². The first kappa shape index (κ1) is 8.51. The van der Waals surface area contributed by atoms with E-state index in [9.17, 15) is 10.0 Å². The fraction of sp³-hybridized carbons (Fsp3) is 0.500. The van der Waals surface area contributed by atoms with Gasteiger partial charge in [-0.15, -0.1) is 0 Å². The van der Waals surface area contributed by atoms with Crippen LogP contribution < -0.4 is 4.90 Å². The average molecular weight is 172 g/mol. The van der Waals surface area contributed by atoms with Crippen molar-refractivity contribution >= 4 is 5.97 Å². The second-order valence-corrected chi connectivity index (χ2v) is 2.22. The minimum atomic E-state index is -0.452. The molecular weight excluding hydrogens is 164 g/mol. The molecule has 1 aromatic heterocycles. The smallest absolute Gasteiger partial charge is 0.314 e. The van der Waals surface area contributed by atoms with Crippen LogP contribution >= 0.6 is 0 Å². The van der Waals surface area contributed by atoms with Gasteiger partial charge in [0, 0.05) is 12.1 Å². The molecule has 0 aliphatic rings. The highest BCUT2D eigenvalue weighted by atomic mass is 16.8. The first-order valence-corrected chi connectivity index (χ1v) is 3.27. The highest BCUT2D eigenvalue weighted by molar-refractivity contribution is 5.71. The first-order chi connectivity index (χ1) is 5.65. The van der Waals surface area contributed by atoms with Crippen molar-refractivity contribution in [3.8, 4) is 0 Å². The Bertz CT molecular complexity index is 294. The third-order valence-corrected chi connectivity index (χ3v) is 1.46. The summed E-state index contributed by atoms with van der Waals surface area (Å²) in [4.78, 5) is 11.0. The Kier molecular flexibility index (Phi) is 2.27. The van der Waals surface area contributed by atoms with Crippen molar-refractivity contribution in [3.63, 3.8) is 0 Å². The van der Waals surface area contributed by atoms with Crippen LogP contribution in [0.15, 0.2) is 4.63 Å². The zero-order chi connectivity index (χ0) is 9.14. The molecule has 0 radical (unpaired) electrons. The third kappa shape index (κ3) is 1.52. The number of methoxy groups -OCH3 is 1. The molecule has 0 aliphatic carbocycles. The quantitative estimate of drug-likeness (QED) is 0.436. The summed E-state index contributed by atoms with van der Waals surface area (Å²) in [6, 6.07) is 0. The summed E-state index contributed by atoms with van der Waals surface area (Å²) >= 11 is 0. The molecule has 0 amide bonds. The van der Waals surface area contributed by atoms with Gasteiger partial charge in [-0.2, -0.15) is 0 Å². The number of hydrogen-bond donors (Lipinski definition) is 0. The zero-order valence-corrected chi connectivity index (χ0v) is 6.73. The molecule has 0 spiro atoms. The van der Waals surface area contributed by atoms with Crippen molar-refractivity contribution in [2.24, 2.45) is 0 Å². The minimum absolute atomic E-state index is 0.0406. The van der Waals surface area contributed by atoms with Crippen LogP contribution in [-0.4, -0.2) is 18.2 Å². The first-order valence-electron chi connectivity index (χ1n) is 3.27. The number of carbonyl (C=O) groups excluding carboxylic acids is 1. The van der Waals surface area contributed by atoms with E-state index in [4.69, 9.17) is 0 Å². The van der Waals surface area contributed by atoms with Crippen molar-refractivity contribution < 1.29 is 19.1 Å². The third-order valence-electron chi connectivity index (χ3n) is 1.46. The normalized spacial score (nSPS) is 9.83. The lowest BCUT2D eigenvalue weighted by molar-refractivity contribution is -0.806. The van der Waals surface area contributed by atoms with Gasteiger partial charge < -0.3 is 9.94 Å². The van der Waals surface area contributed by atoms with Crippen LogP contribution in [0.25, 0.3) is 0 Å². The maximum absolute atomic E-state index is 10.7. The Morgan fingerprint density at radius 1 is 1.83 bits per heavy atom. The fourth-order valence-corrected chi connectivity index (χ4v) is 0.688. The maximum atomic E-state index is 10.7. The van der Waals surface area contributed by atoms with E-state index in [2.05, 4.69) is 14.5 Å². The second kappa shape index (κ2) is 3.21. The Morgan fingerprint density at radius 2 is 2.50 bits per heavy atom. The predicted octanol–water partition coefficient (Wildman–Crippen LogP) is -0.668. The van der Waals surface area contributed by atoms with E-state index in [-0.39, 0.29) is 17.0 Å². The largest absolute Gasteiger partial charge is 0.469 e. The van der Waals surface area contributed by atoms with Crippen LogP contribution in [0, 0.1) is 12.1 Å². The van der Waals surface area contributed by atoms with Gasteiger partial charge in [-0.05, 0) is 4.90 Å². The Labute approximate surface area is 68.3 Å². The van der Waals surface area contributed by atoms with Crippen molar-refractivity contribution in [3.05, 3.63) is 16.6 Å². The Balaban J connectivity index is 2.76. The highest BCUT2D eigenvalue weighted by Gasteiger charge is 2.17. The van der Waals surface area contributed by atoms with Gasteiger partial charge in [-0.3, -0.25) is 9.42 Å². The molecule has 1 rings (SSSR count). The van der Waals surface area contributed by atoms with Crippen molar-refractivity contribution in [2.75, 3.05) is 7.11 Å². The van der Waals surface area contributed by atoms with E-state index in [1.807, 2.05) is 0 Å². The average Bonchev–Trinajstić information content (AvgIpc) is 2.36. The summed E-state index contributed by atoms with van der Waals surface area (Å²) in [5.74, 6) is -0.452. The van der Waals surface area contributed by atoms with E-state index in [0.29, 0.717) is 5.69 Å². The number of esters is 1. The molecule has 6 nitrogen and oxygen atoms in total.